The van der Waals surface area contributed by atoms with Gasteiger partial charge in [-0.2, -0.15) is 0 Å². The first kappa shape index (κ1) is 24.2. The number of amides is 1. The van der Waals surface area contributed by atoms with Crippen LogP contribution in [-0.2, 0) is 0 Å². The van der Waals surface area contributed by atoms with Crippen molar-refractivity contribution in [3.63, 3.8) is 0 Å². The van der Waals surface area contributed by atoms with Crippen molar-refractivity contribution in [1.29, 1.82) is 0 Å². The van der Waals surface area contributed by atoms with Crippen molar-refractivity contribution in [2.45, 2.75) is 6.92 Å². The zero-order valence-corrected chi connectivity index (χ0v) is 20.1. The first-order valence-corrected chi connectivity index (χ1v) is 10.3. The van der Waals surface area contributed by atoms with Crippen LogP contribution in [0.15, 0.2) is 53.8 Å². The van der Waals surface area contributed by atoms with Gasteiger partial charge in [0.05, 0.1) is 12.1 Å². The van der Waals surface area contributed by atoms with Crippen LogP contribution in [-0.4, -0.2) is 67.6 Å². The molecule has 0 unspecified atom stereocenters. The molecule has 2 heterocycles. The van der Waals surface area contributed by atoms with Gasteiger partial charge in [-0.1, -0.05) is 17.7 Å². The Balaban J connectivity index is 0.00000320. The molecule has 9 heteroatoms. The summed E-state index contributed by atoms with van der Waals surface area (Å²) >= 11 is 6.12. The second-order valence-corrected chi connectivity index (χ2v) is 7.12. The van der Waals surface area contributed by atoms with Crippen LogP contribution in [0.3, 0.4) is 0 Å². The lowest BCUT2D eigenvalue weighted by Gasteiger charge is -2.37. The van der Waals surface area contributed by atoms with E-state index in [9.17, 15) is 4.79 Å². The number of aliphatic imine (C=N–C) groups is 1. The summed E-state index contributed by atoms with van der Waals surface area (Å²) in [7, 11) is 0. The lowest BCUT2D eigenvalue weighted by molar-refractivity contribution is 0.0954. The van der Waals surface area contributed by atoms with Crippen LogP contribution in [0.25, 0.3) is 0 Å². The molecule has 3 rings (SSSR count). The maximum atomic E-state index is 12.1. The molecule has 1 aliphatic heterocycles. The number of nitrogens with zero attached hydrogens (tertiary/aromatic N) is 4. The van der Waals surface area contributed by atoms with Crippen LogP contribution in [0.1, 0.15) is 17.3 Å². The van der Waals surface area contributed by atoms with Gasteiger partial charge in [0.1, 0.15) is 0 Å². The zero-order valence-electron chi connectivity index (χ0n) is 17.1. The fourth-order valence-electron chi connectivity index (χ4n) is 3.21. The number of hydrogen-bond acceptors (Lipinski definition) is 4. The lowest BCUT2D eigenvalue weighted by atomic mass is 10.2. The van der Waals surface area contributed by atoms with Crippen molar-refractivity contribution in [3.8, 4) is 0 Å². The smallest absolute Gasteiger partial charge is 0.252 e. The summed E-state index contributed by atoms with van der Waals surface area (Å²) in [5.74, 6) is 0.752. The Bertz CT molecular complexity index is 827. The van der Waals surface area contributed by atoms with Gasteiger partial charge in [-0.3, -0.25) is 14.8 Å². The van der Waals surface area contributed by atoms with E-state index < -0.39 is 0 Å². The minimum absolute atomic E-state index is 0. The molecule has 0 bridgehead atoms. The number of aromatic nitrogens is 1. The third kappa shape index (κ3) is 7.02. The molecule has 0 spiro atoms. The summed E-state index contributed by atoms with van der Waals surface area (Å²) < 4.78 is 0. The van der Waals surface area contributed by atoms with Crippen molar-refractivity contribution < 1.29 is 4.79 Å². The highest BCUT2D eigenvalue weighted by Crippen LogP contribution is 2.20. The fraction of sp³-hybridized carbons (Fsp3) is 0.381. The van der Waals surface area contributed by atoms with Gasteiger partial charge in [0, 0.05) is 62.4 Å². The van der Waals surface area contributed by atoms with E-state index in [-0.39, 0.29) is 29.9 Å². The molecule has 0 aliphatic carbocycles. The van der Waals surface area contributed by atoms with E-state index in [0.29, 0.717) is 18.7 Å². The highest BCUT2D eigenvalue weighted by atomic mass is 127. The molecular weight excluding hydrogens is 515 g/mol. The van der Waals surface area contributed by atoms with E-state index in [0.717, 1.165) is 49.4 Å². The standard InChI is InChI=1S/C21H27ClN6O.HI/c1-2-24-21(26-10-9-25-20(29)17-5-4-8-23-16-17)28-13-11-27(12-14-28)19-7-3-6-18(22)15-19;/h3-8,15-16H,2,9-14H2,1H3,(H,24,26)(H,25,29);1H. The third-order valence-electron chi connectivity index (χ3n) is 4.67. The van der Waals surface area contributed by atoms with Crippen molar-refractivity contribution in [2.75, 3.05) is 50.7 Å². The summed E-state index contributed by atoms with van der Waals surface area (Å²) in [4.78, 5) is 25.3. The van der Waals surface area contributed by atoms with Crippen molar-refractivity contribution >= 4 is 53.1 Å². The van der Waals surface area contributed by atoms with E-state index in [4.69, 9.17) is 11.6 Å². The number of hydrogen-bond donors (Lipinski definition) is 2. The van der Waals surface area contributed by atoms with Gasteiger partial charge in [0.15, 0.2) is 5.96 Å². The monoisotopic (exact) mass is 542 g/mol. The Labute approximate surface area is 199 Å². The molecule has 7 nitrogen and oxygen atoms in total. The molecule has 1 aromatic heterocycles. The predicted molar refractivity (Wildman–Crippen MR) is 133 cm³/mol. The van der Waals surface area contributed by atoms with Crippen LogP contribution in [0.4, 0.5) is 5.69 Å². The molecular formula is C21H28ClIN6O. The van der Waals surface area contributed by atoms with Crippen LogP contribution in [0, 0.1) is 0 Å². The van der Waals surface area contributed by atoms with Gasteiger partial charge in [0.25, 0.3) is 5.91 Å². The molecule has 1 fully saturated rings. The Morgan fingerprint density at radius 3 is 2.63 bits per heavy atom. The Morgan fingerprint density at radius 1 is 1.17 bits per heavy atom. The van der Waals surface area contributed by atoms with Crippen molar-refractivity contribution in [2.24, 2.45) is 4.99 Å². The number of guanidine groups is 1. The van der Waals surface area contributed by atoms with Gasteiger partial charge < -0.3 is 20.4 Å². The van der Waals surface area contributed by atoms with Gasteiger partial charge in [-0.25, -0.2) is 0 Å². The number of pyridine rings is 1. The molecule has 1 aliphatic rings. The van der Waals surface area contributed by atoms with E-state index in [1.165, 1.54) is 0 Å². The molecule has 0 atom stereocenters. The van der Waals surface area contributed by atoms with Crippen molar-refractivity contribution in [3.05, 3.63) is 59.4 Å². The summed E-state index contributed by atoms with van der Waals surface area (Å²) in [6.07, 6.45) is 3.21. The number of rotatable bonds is 6. The van der Waals surface area contributed by atoms with Gasteiger partial charge >= 0.3 is 0 Å². The lowest BCUT2D eigenvalue weighted by Crippen LogP contribution is -2.52. The SMILES string of the molecule is CCNC(=NCCNC(=O)c1cccnc1)N1CCN(c2cccc(Cl)c2)CC1.I. The molecule has 162 valence electrons. The average Bonchev–Trinajstić information content (AvgIpc) is 2.76. The maximum absolute atomic E-state index is 12.1. The largest absolute Gasteiger partial charge is 0.368 e. The number of benzene rings is 1. The number of piperazine rings is 1. The molecule has 0 saturated carbocycles. The van der Waals surface area contributed by atoms with Gasteiger partial charge in [-0.15, -0.1) is 24.0 Å². The Kier molecular flexibility index (Phi) is 10.2. The molecule has 2 N–H and O–H groups in total. The molecule has 2 aromatic rings. The molecule has 1 saturated heterocycles. The zero-order chi connectivity index (χ0) is 20.5. The summed E-state index contributed by atoms with van der Waals surface area (Å²) in [6, 6.07) is 11.5. The van der Waals surface area contributed by atoms with Crippen LogP contribution in [0.2, 0.25) is 5.02 Å². The molecule has 30 heavy (non-hydrogen) atoms. The first-order valence-electron chi connectivity index (χ1n) is 9.89. The predicted octanol–water partition coefficient (Wildman–Crippen LogP) is 2.87. The number of carbonyl (C=O) groups excluding carboxylic acids is 1. The summed E-state index contributed by atoms with van der Waals surface area (Å²) in [5.41, 5.74) is 1.71. The number of carbonyl (C=O) groups is 1. The fourth-order valence-corrected chi connectivity index (χ4v) is 3.39. The van der Waals surface area contributed by atoms with Gasteiger partial charge in [0.2, 0.25) is 0 Å². The Morgan fingerprint density at radius 2 is 1.97 bits per heavy atom. The summed E-state index contributed by atoms with van der Waals surface area (Å²) in [5, 5.41) is 6.99. The quantitative estimate of drug-likeness (QED) is 0.254. The van der Waals surface area contributed by atoms with Gasteiger partial charge in [-0.05, 0) is 37.3 Å². The maximum Gasteiger partial charge on any atom is 0.252 e. The highest BCUT2D eigenvalue weighted by Gasteiger charge is 2.20. The second-order valence-electron chi connectivity index (χ2n) is 6.69. The molecule has 1 aromatic carbocycles. The van der Waals surface area contributed by atoms with Crippen LogP contribution >= 0.6 is 35.6 Å². The van der Waals surface area contributed by atoms with E-state index in [2.05, 4.69) is 43.4 Å². The summed E-state index contributed by atoms with van der Waals surface area (Å²) in [6.45, 7) is 7.41. The minimum Gasteiger partial charge on any atom is -0.368 e. The van der Waals surface area contributed by atoms with Crippen molar-refractivity contribution in [1.82, 2.24) is 20.5 Å². The average molecular weight is 543 g/mol. The normalized spacial score (nSPS) is 14.1. The molecule has 1 amide bonds. The minimum atomic E-state index is -0.131. The number of halogens is 2. The molecule has 0 radical (unpaired) electrons. The van der Waals surface area contributed by atoms with E-state index in [1.54, 1.807) is 24.5 Å². The topological polar surface area (TPSA) is 72.9 Å². The number of anilines is 1. The van der Waals surface area contributed by atoms with E-state index >= 15 is 0 Å². The number of nitrogens with one attached hydrogen (secondary N) is 2. The third-order valence-corrected chi connectivity index (χ3v) is 4.91. The van der Waals surface area contributed by atoms with E-state index in [1.807, 2.05) is 18.2 Å². The Hall–Kier alpha value is -2.07. The second kappa shape index (κ2) is 12.6. The van der Waals surface area contributed by atoms with Crippen LogP contribution in [0.5, 0.6) is 0 Å². The highest BCUT2D eigenvalue weighted by molar-refractivity contribution is 14.0. The first-order chi connectivity index (χ1) is 14.2. The van der Waals surface area contributed by atoms with Crippen LogP contribution < -0.4 is 15.5 Å².